The number of nitrogens with one attached hydrogen (secondary N) is 2. The second-order valence-corrected chi connectivity index (χ2v) is 8.36. The Morgan fingerprint density at radius 1 is 1.36 bits per heavy atom. The van der Waals surface area contributed by atoms with Crippen molar-refractivity contribution in [1.82, 2.24) is 10.3 Å². The van der Waals surface area contributed by atoms with E-state index in [0.29, 0.717) is 25.1 Å². The van der Waals surface area contributed by atoms with Crippen molar-refractivity contribution >= 4 is 22.6 Å². The van der Waals surface area contributed by atoms with Crippen LogP contribution in [0.1, 0.15) is 30.6 Å². The molecular weight excluding hydrogens is 378 g/mol. The zero-order valence-electron chi connectivity index (χ0n) is 15.9. The Balaban J connectivity index is 1.44. The lowest BCUT2D eigenvalue weighted by Gasteiger charge is -2.28. The van der Waals surface area contributed by atoms with Gasteiger partial charge >= 0.3 is 6.09 Å². The maximum Gasteiger partial charge on any atom is 0.404 e. The van der Waals surface area contributed by atoms with Gasteiger partial charge in [-0.25, -0.2) is 9.78 Å². The van der Waals surface area contributed by atoms with Gasteiger partial charge in [0.05, 0.1) is 19.4 Å². The number of amides is 1. The molecule has 150 valence electrons. The fraction of sp³-hybridized carbons (Fsp3) is 0.500. The molecule has 28 heavy (non-hydrogen) atoms. The van der Waals surface area contributed by atoms with Crippen LogP contribution in [0.3, 0.4) is 0 Å². The summed E-state index contributed by atoms with van der Waals surface area (Å²) in [6.45, 7) is 1.16. The van der Waals surface area contributed by atoms with Gasteiger partial charge in [0.25, 0.3) is 0 Å². The van der Waals surface area contributed by atoms with Crippen LogP contribution in [0.25, 0.3) is 11.3 Å². The second kappa shape index (κ2) is 8.26. The van der Waals surface area contributed by atoms with Crippen molar-refractivity contribution in [3.8, 4) is 22.8 Å². The monoisotopic (exact) mass is 403 g/mol. The van der Waals surface area contributed by atoms with Gasteiger partial charge in [0.15, 0.2) is 16.6 Å². The topological polar surface area (TPSA) is 92.7 Å². The molecule has 1 amide bonds. The first kappa shape index (κ1) is 18.9. The minimum Gasteiger partial charge on any atom is -0.493 e. The molecule has 1 fully saturated rings. The van der Waals surface area contributed by atoms with Gasteiger partial charge in [-0.15, -0.1) is 11.3 Å². The predicted octanol–water partition coefficient (Wildman–Crippen LogP) is 3.99. The van der Waals surface area contributed by atoms with Gasteiger partial charge < -0.3 is 25.2 Å². The smallest absolute Gasteiger partial charge is 0.404 e. The Morgan fingerprint density at radius 2 is 2.18 bits per heavy atom. The molecule has 1 aromatic heterocycles. The summed E-state index contributed by atoms with van der Waals surface area (Å²) >= 11 is 1.70. The molecule has 4 rings (SSSR count). The third kappa shape index (κ3) is 4.01. The summed E-state index contributed by atoms with van der Waals surface area (Å²) < 4.78 is 11.4. The summed E-state index contributed by atoms with van der Waals surface area (Å²) in [6.07, 6.45) is 4.01. The summed E-state index contributed by atoms with van der Waals surface area (Å²) in [4.78, 5) is 16.8. The maximum atomic E-state index is 10.6. The number of carbonyl (C=O) groups is 1. The molecule has 7 nitrogen and oxygen atoms in total. The molecule has 1 saturated carbocycles. The van der Waals surface area contributed by atoms with E-state index in [1.54, 1.807) is 18.4 Å². The van der Waals surface area contributed by atoms with Crippen LogP contribution in [-0.4, -0.2) is 42.5 Å². The molecule has 2 heterocycles. The van der Waals surface area contributed by atoms with Crippen LogP contribution in [0.15, 0.2) is 18.2 Å². The van der Waals surface area contributed by atoms with Crippen LogP contribution in [0.5, 0.6) is 11.5 Å². The van der Waals surface area contributed by atoms with E-state index in [2.05, 4.69) is 10.6 Å². The largest absolute Gasteiger partial charge is 0.493 e. The first-order valence-electron chi connectivity index (χ1n) is 9.67. The number of hydrogen-bond acceptors (Lipinski definition) is 6. The van der Waals surface area contributed by atoms with Crippen LogP contribution in [0.4, 0.5) is 9.93 Å². The Labute approximate surface area is 168 Å². The number of benzene rings is 1. The Hall–Kier alpha value is -2.48. The Morgan fingerprint density at radius 3 is 2.93 bits per heavy atom. The van der Waals surface area contributed by atoms with Gasteiger partial charge in [0.2, 0.25) is 0 Å². The zero-order valence-corrected chi connectivity index (χ0v) is 16.7. The zero-order chi connectivity index (χ0) is 19.5. The van der Waals surface area contributed by atoms with Crippen LogP contribution in [0, 0.1) is 5.92 Å². The first-order valence-corrected chi connectivity index (χ1v) is 10.5. The highest BCUT2D eigenvalue weighted by Gasteiger charge is 2.25. The van der Waals surface area contributed by atoms with E-state index in [0.717, 1.165) is 60.0 Å². The molecule has 0 saturated heterocycles. The summed E-state index contributed by atoms with van der Waals surface area (Å²) in [6, 6.07) is 6.30. The third-order valence-electron chi connectivity index (χ3n) is 5.44. The van der Waals surface area contributed by atoms with Crippen LogP contribution in [0.2, 0.25) is 0 Å². The van der Waals surface area contributed by atoms with E-state index in [1.807, 2.05) is 18.2 Å². The average molecular weight is 404 g/mol. The number of para-hydroxylation sites is 1. The Bertz CT molecular complexity index is 846. The van der Waals surface area contributed by atoms with Crippen molar-refractivity contribution in [3.63, 3.8) is 0 Å². The number of aromatic nitrogens is 1. The van der Waals surface area contributed by atoms with E-state index >= 15 is 0 Å². The number of rotatable bonds is 5. The molecule has 0 unspecified atom stereocenters. The summed E-state index contributed by atoms with van der Waals surface area (Å²) in [5, 5.41) is 15.8. The van der Waals surface area contributed by atoms with Crippen molar-refractivity contribution in [2.45, 2.75) is 38.1 Å². The lowest BCUT2D eigenvalue weighted by Crippen LogP contribution is -2.33. The third-order valence-corrected chi connectivity index (χ3v) is 6.49. The lowest BCUT2D eigenvalue weighted by molar-refractivity contribution is 0.190. The number of methoxy groups -OCH3 is 1. The molecule has 3 N–H and O–H groups in total. The predicted molar refractivity (Wildman–Crippen MR) is 109 cm³/mol. The molecule has 0 radical (unpaired) electrons. The molecule has 0 bridgehead atoms. The number of thiazole rings is 1. The van der Waals surface area contributed by atoms with E-state index in [-0.39, 0.29) is 0 Å². The highest BCUT2D eigenvalue weighted by Crippen LogP contribution is 2.43. The van der Waals surface area contributed by atoms with Gasteiger partial charge in [0.1, 0.15) is 0 Å². The highest BCUT2D eigenvalue weighted by atomic mass is 32.1. The van der Waals surface area contributed by atoms with Gasteiger partial charge in [-0.3, -0.25) is 0 Å². The number of anilines is 1. The fourth-order valence-corrected chi connectivity index (χ4v) is 5.00. The standard InChI is InChI=1S/C20H25N3O4S/c1-26-15-4-2-3-14-17-16(9-10-27-18(14)15)28-19(23-17)22-13-7-5-12(6-8-13)11-21-20(24)25/h2-4,12-13,21H,5-11H2,1H3,(H,22,23)(H,24,25). The van der Waals surface area contributed by atoms with E-state index in [4.69, 9.17) is 19.6 Å². The molecule has 2 aliphatic rings. The van der Waals surface area contributed by atoms with Gasteiger partial charge in [-0.1, -0.05) is 6.07 Å². The molecule has 0 atom stereocenters. The fourth-order valence-electron chi connectivity index (χ4n) is 3.97. The molecular formula is C20H25N3O4S. The molecule has 1 aromatic carbocycles. The van der Waals surface area contributed by atoms with Gasteiger partial charge in [-0.2, -0.15) is 0 Å². The van der Waals surface area contributed by atoms with Crippen molar-refractivity contribution in [1.29, 1.82) is 0 Å². The molecule has 1 aliphatic heterocycles. The second-order valence-electron chi connectivity index (χ2n) is 7.27. The molecule has 1 aliphatic carbocycles. The van der Waals surface area contributed by atoms with E-state index < -0.39 is 6.09 Å². The van der Waals surface area contributed by atoms with Crippen molar-refractivity contribution in [2.75, 3.05) is 25.6 Å². The summed E-state index contributed by atoms with van der Waals surface area (Å²) in [7, 11) is 1.65. The minimum absolute atomic E-state index is 0.386. The number of carboxylic acid groups (broad SMARTS) is 1. The van der Waals surface area contributed by atoms with Gasteiger partial charge in [0, 0.05) is 29.4 Å². The van der Waals surface area contributed by atoms with Crippen LogP contribution < -0.4 is 20.1 Å². The highest BCUT2D eigenvalue weighted by molar-refractivity contribution is 7.16. The van der Waals surface area contributed by atoms with Gasteiger partial charge in [-0.05, 0) is 43.7 Å². The molecule has 2 aromatic rings. The quantitative estimate of drug-likeness (QED) is 0.699. The number of hydrogen-bond donors (Lipinski definition) is 3. The normalized spacial score (nSPS) is 20.9. The van der Waals surface area contributed by atoms with Crippen molar-refractivity contribution < 1.29 is 19.4 Å². The lowest BCUT2D eigenvalue weighted by atomic mass is 9.86. The number of ether oxygens (including phenoxy) is 2. The number of nitrogens with zero attached hydrogens (tertiary/aromatic N) is 1. The average Bonchev–Trinajstić information content (AvgIpc) is 3.01. The van der Waals surface area contributed by atoms with E-state index in [9.17, 15) is 4.79 Å². The molecule has 0 spiro atoms. The van der Waals surface area contributed by atoms with Crippen molar-refractivity contribution in [3.05, 3.63) is 23.1 Å². The molecule has 8 heteroatoms. The first-order chi connectivity index (χ1) is 13.6. The maximum absolute atomic E-state index is 10.6. The Kier molecular flexibility index (Phi) is 5.57. The van der Waals surface area contributed by atoms with Crippen LogP contribution >= 0.6 is 11.3 Å². The number of fused-ring (bicyclic) bond motifs is 3. The minimum atomic E-state index is -0.939. The summed E-state index contributed by atoms with van der Waals surface area (Å²) in [5.41, 5.74) is 1.97. The summed E-state index contributed by atoms with van der Waals surface area (Å²) in [5.74, 6) is 1.94. The van der Waals surface area contributed by atoms with Crippen LogP contribution in [-0.2, 0) is 6.42 Å². The van der Waals surface area contributed by atoms with E-state index in [1.165, 1.54) is 4.88 Å². The SMILES string of the molecule is COc1cccc2c1OCCc1sc(NC3CCC(CNC(=O)O)CC3)nc1-2. The van der Waals surface area contributed by atoms with Crippen molar-refractivity contribution in [2.24, 2.45) is 5.92 Å².